The Labute approximate surface area is 219 Å². The molecule has 0 N–H and O–H groups in total. The first-order valence-corrected chi connectivity index (χ1v) is 14.2. The van der Waals surface area contributed by atoms with Crippen LogP contribution >= 0.6 is 0 Å². The van der Waals surface area contributed by atoms with Crippen LogP contribution in [0.25, 0.3) is 0 Å². The van der Waals surface area contributed by atoms with Gasteiger partial charge < -0.3 is 14.2 Å². The first-order valence-electron chi connectivity index (χ1n) is 14.2. The predicted molar refractivity (Wildman–Crippen MR) is 149 cm³/mol. The molecule has 0 saturated carbocycles. The van der Waals surface area contributed by atoms with Gasteiger partial charge in [0.05, 0.1) is 18.3 Å². The van der Waals surface area contributed by atoms with E-state index in [4.69, 9.17) is 14.2 Å². The molecule has 2 atom stereocenters. The van der Waals surface area contributed by atoms with Crippen molar-refractivity contribution in [3.63, 3.8) is 0 Å². The summed E-state index contributed by atoms with van der Waals surface area (Å²) in [6.45, 7) is 10.4. The van der Waals surface area contributed by atoms with Gasteiger partial charge in [-0.15, -0.1) is 0 Å². The minimum Gasteiger partial charge on any atom is -0.494 e. The van der Waals surface area contributed by atoms with Crippen LogP contribution in [-0.2, 0) is 4.74 Å². The van der Waals surface area contributed by atoms with E-state index in [1.54, 1.807) is 12.1 Å². The first-order chi connectivity index (χ1) is 17.5. The Bertz CT molecular complexity index is 828. The van der Waals surface area contributed by atoms with Crippen LogP contribution in [-0.4, -0.2) is 19.2 Å². The third-order valence-electron chi connectivity index (χ3n) is 6.82. The van der Waals surface area contributed by atoms with Gasteiger partial charge in [0.1, 0.15) is 11.5 Å². The molecule has 2 aromatic carbocycles. The highest BCUT2D eigenvalue weighted by molar-refractivity contribution is 5.91. The maximum Gasteiger partial charge on any atom is 0.343 e. The van der Waals surface area contributed by atoms with Gasteiger partial charge in [0.2, 0.25) is 0 Å². The molecule has 0 fully saturated rings. The summed E-state index contributed by atoms with van der Waals surface area (Å²) in [5.74, 6) is 1.77. The van der Waals surface area contributed by atoms with Crippen molar-refractivity contribution in [2.75, 3.05) is 13.2 Å². The number of carbonyl (C=O) groups excluding carboxylic acids is 1. The maximum atomic E-state index is 12.5. The van der Waals surface area contributed by atoms with Crippen LogP contribution in [0.5, 0.6) is 11.5 Å². The molecule has 0 aliphatic heterocycles. The summed E-state index contributed by atoms with van der Waals surface area (Å²) in [6, 6.07) is 14.8. The maximum absolute atomic E-state index is 12.5. The highest BCUT2D eigenvalue weighted by atomic mass is 16.5. The van der Waals surface area contributed by atoms with E-state index in [0.717, 1.165) is 36.7 Å². The summed E-state index contributed by atoms with van der Waals surface area (Å²) in [4.78, 5) is 12.5. The smallest absolute Gasteiger partial charge is 0.343 e. The average molecular weight is 497 g/mol. The van der Waals surface area contributed by atoms with Gasteiger partial charge in [-0.05, 0) is 67.6 Å². The Hall–Kier alpha value is -2.33. The molecule has 0 radical (unpaired) electrons. The van der Waals surface area contributed by atoms with Crippen molar-refractivity contribution < 1.29 is 19.0 Å². The minimum atomic E-state index is -0.369. The highest BCUT2D eigenvalue weighted by Gasteiger charge is 2.11. The molecule has 0 aliphatic rings. The standard InChI is InChI=1S/C32H48O4/c1-5-7-8-9-10-13-25-35-30-20-18-29(19-21-30)32(33)36-31-22-16-28(17-23-31)27(4)34-24-14-11-12-15-26(3)6-2/h16-23,26-27H,5-15,24-25H2,1-4H3. The van der Waals surface area contributed by atoms with E-state index in [1.807, 2.05) is 36.4 Å². The van der Waals surface area contributed by atoms with Crippen LogP contribution in [0.15, 0.2) is 48.5 Å². The number of rotatable bonds is 19. The average Bonchev–Trinajstić information content (AvgIpc) is 2.90. The van der Waals surface area contributed by atoms with E-state index >= 15 is 0 Å². The zero-order valence-electron chi connectivity index (χ0n) is 23.1. The highest BCUT2D eigenvalue weighted by Crippen LogP contribution is 2.22. The molecule has 0 bridgehead atoms. The fourth-order valence-corrected chi connectivity index (χ4v) is 4.06. The second-order valence-corrected chi connectivity index (χ2v) is 9.97. The predicted octanol–water partition coefficient (Wildman–Crippen LogP) is 9.33. The van der Waals surface area contributed by atoms with Crippen LogP contribution in [0, 0.1) is 5.92 Å². The van der Waals surface area contributed by atoms with Crippen LogP contribution in [0.1, 0.15) is 120 Å². The van der Waals surface area contributed by atoms with E-state index in [0.29, 0.717) is 17.9 Å². The lowest BCUT2D eigenvalue weighted by atomic mass is 10.0. The normalized spacial score (nSPS) is 12.8. The third kappa shape index (κ3) is 12.1. The zero-order chi connectivity index (χ0) is 26.0. The Morgan fingerprint density at radius 2 is 1.33 bits per heavy atom. The fraction of sp³-hybridized carbons (Fsp3) is 0.594. The van der Waals surface area contributed by atoms with Crippen molar-refractivity contribution in [3.8, 4) is 11.5 Å². The van der Waals surface area contributed by atoms with E-state index < -0.39 is 0 Å². The van der Waals surface area contributed by atoms with E-state index in [-0.39, 0.29) is 12.1 Å². The summed E-state index contributed by atoms with van der Waals surface area (Å²) in [6.07, 6.45) is 13.6. The molecule has 0 amide bonds. The fourth-order valence-electron chi connectivity index (χ4n) is 4.06. The van der Waals surface area contributed by atoms with E-state index in [2.05, 4.69) is 27.7 Å². The second-order valence-electron chi connectivity index (χ2n) is 9.97. The van der Waals surface area contributed by atoms with Gasteiger partial charge in [0.25, 0.3) is 0 Å². The summed E-state index contributed by atoms with van der Waals surface area (Å²) < 4.78 is 17.4. The van der Waals surface area contributed by atoms with Gasteiger partial charge in [-0.3, -0.25) is 0 Å². The van der Waals surface area contributed by atoms with Crippen molar-refractivity contribution in [1.29, 1.82) is 0 Å². The molecule has 0 heterocycles. The molecule has 0 spiro atoms. The van der Waals surface area contributed by atoms with Crippen molar-refractivity contribution in [3.05, 3.63) is 59.7 Å². The Kier molecular flexibility index (Phi) is 14.9. The molecule has 2 unspecified atom stereocenters. The van der Waals surface area contributed by atoms with Crippen LogP contribution in [0.4, 0.5) is 0 Å². The molecule has 4 heteroatoms. The van der Waals surface area contributed by atoms with Crippen molar-refractivity contribution >= 4 is 5.97 Å². The van der Waals surface area contributed by atoms with Crippen molar-refractivity contribution in [2.45, 2.75) is 104 Å². The topological polar surface area (TPSA) is 44.8 Å². The lowest BCUT2D eigenvalue weighted by molar-refractivity contribution is 0.0625. The SMILES string of the molecule is CCCCCCCCOc1ccc(C(=O)Oc2ccc(C(C)OCCCCCC(C)CC)cc2)cc1. The summed E-state index contributed by atoms with van der Waals surface area (Å²) in [5, 5.41) is 0. The number of esters is 1. The Morgan fingerprint density at radius 3 is 2.03 bits per heavy atom. The van der Waals surface area contributed by atoms with Gasteiger partial charge in [-0.25, -0.2) is 4.79 Å². The monoisotopic (exact) mass is 496 g/mol. The van der Waals surface area contributed by atoms with Crippen LogP contribution in [0.3, 0.4) is 0 Å². The minimum absolute atomic E-state index is 0.0215. The molecule has 36 heavy (non-hydrogen) atoms. The van der Waals surface area contributed by atoms with E-state index in [1.165, 1.54) is 57.8 Å². The zero-order valence-corrected chi connectivity index (χ0v) is 23.1. The molecular formula is C32H48O4. The van der Waals surface area contributed by atoms with Crippen molar-refractivity contribution in [2.24, 2.45) is 5.92 Å². The number of unbranched alkanes of at least 4 members (excludes halogenated alkanes) is 7. The quantitative estimate of drug-likeness (QED) is 0.110. The lowest BCUT2D eigenvalue weighted by Crippen LogP contribution is -2.09. The molecule has 2 aromatic rings. The van der Waals surface area contributed by atoms with Crippen LogP contribution in [0.2, 0.25) is 0 Å². The lowest BCUT2D eigenvalue weighted by Gasteiger charge is -2.14. The summed E-state index contributed by atoms with van der Waals surface area (Å²) in [7, 11) is 0. The van der Waals surface area contributed by atoms with Gasteiger partial charge in [-0.1, -0.05) is 90.7 Å². The van der Waals surface area contributed by atoms with Crippen LogP contribution < -0.4 is 9.47 Å². The molecule has 0 aromatic heterocycles. The van der Waals surface area contributed by atoms with Gasteiger partial charge >= 0.3 is 5.97 Å². The van der Waals surface area contributed by atoms with E-state index in [9.17, 15) is 4.79 Å². The number of carbonyl (C=O) groups is 1. The third-order valence-corrected chi connectivity index (χ3v) is 6.82. The summed E-state index contributed by atoms with van der Waals surface area (Å²) in [5.41, 5.74) is 1.59. The molecule has 2 rings (SSSR count). The molecule has 0 aliphatic carbocycles. The largest absolute Gasteiger partial charge is 0.494 e. The Balaban J connectivity index is 1.68. The molecule has 4 nitrogen and oxygen atoms in total. The van der Waals surface area contributed by atoms with Crippen molar-refractivity contribution in [1.82, 2.24) is 0 Å². The van der Waals surface area contributed by atoms with Gasteiger partial charge in [0, 0.05) is 6.61 Å². The molecule has 0 saturated heterocycles. The number of benzene rings is 2. The number of hydrogen-bond acceptors (Lipinski definition) is 4. The number of hydrogen-bond donors (Lipinski definition) is 0. The summed E-state index contributed by atoms with van der Waals surface area (Å²) >= 11 is 0. The first kappa shape index (κ1) is 29.9. The van der Waals surface area contributed by atoms with Gasteiger partial charge in [-0.2, -0.15) is 0 Å². The molecular weight excluding hydrogens is 448 g/mol. The van der Waals surface area contributed by atoms with Gasteiger partial charge in [0.15, 0.2) is 0 Å². The second kappa shape index (κ2) is 18.0. The number of ether oxygens (including phenoxy) is 3. The Morgan fingerprint density at radius 1 is 0.722 bits per heavy atom. The molecule has 200 valence electrons.